The van der Waals surface area contributed by atoms with Crippen molar-refractivity contribution >= 4 is 22.9 Å². The summed E-state index contributed by atoms with van der Waals surface area (Å²) in [5.41, 5.74) is 4.41. The van der Waals surface area contributed by atoms with Crippen LogP contribution in [0.2, 0.25) is 0 Å². The number of aryl methyl sites for hydroxylation is 2. The molecule has 47 heavy (non-hydrogen) atoms. The molecule has 0 atom stereocenters. The zero-order valence-corrected chi connectivity index (χ0v) is 29.3. The predicted molar refractivity (Wildman–Crippen MR) is 186 cm³/mol. The van der Waals surface area contributed by atoms with Crippen molar-refractivity contribution in [1.82, 2.24) is 14.9 Å². The second-order valence-electron chi connectivity index (χ2n) is 13.5. The summed E-state index contributed by atoms with van der Waals surface area (Å²) in [6.07, 6.45) is 8.03. The molecule has 258 valence electrons. The summed E-state index contributed by atoms with van der Waals surface area (Å²) >= 11 is 0. The van der Waals surface area contributed by atoms with Gasteiger partial charge in [-0.25, -0.2) is 9.38 Å². The molecule has 2 aliphatic rings. The summed E-state index contributed by atoms with van der Waals surface area (Å²) in [6.45, 7) is 17.7. The molecule has 1 spiro atoms. The van der Waals surface area contributed by atoms with Crippen LogP contribution in [0.3, 0.4) is 0 Å². The van der Waals surface area contributed by atoms with Crippen LogP contribution in [0.4, 0.5) is 10.2 Å². The fourth-order valence-corrected chi connectivity index (χ4v) is 5.76. The summed E-state index contributed by atoms with van der Waals surface area (Å²) in [7, 11) is 3.37. The van der Waals surface area contributed by atoms with Gasteiger partial charge in [-0.2, -0.15) is 0 Å². The number of fused-ring (bicyclic) bond motifs is 1. The monoisotopic (exact) mass is 652 g/mol. The topological polar surface area (TPSA) is 90.4 Å². The van der Waals surface area contributed by atoms with E-state index in [4.69, 9.17) is 23.7 Å². The van der Waals surface area contributed by atoms with Gasteiger partial charge in [0.05, 0.1) is 45.3 Å². The number of likely N-dealkylation sites (tertiary alicyclic amines) is 1. The van der Waals surface area contributed by atoms with Gasteiger partial charge in [-0.3, -0.25) is 4.98 Å². The SMILES string of the molecule is CCC(C)(C)COC.COc1cc2c(OC(/C=N\c3[nH]c(C)cc3C)=C\F)ccnc2cc1COCCCN1CCC2(CC1)COC2. The molecule has 4 heterocycles. The number of aromatic nitrogens is 2. The minimum Gasteiger partial charge on any atom is -0.496 e. The van der Waals surface area contributed by atoms with Crippen molar-refractivity contribution in [2.75, 3.05) is 60.3 Å². The van der Waals surface area contributed by atoms with Crippen LogP contribution < -0.4 is 9.47 Å². The molecule has 0 aliphatic carbocycles. The van der Waals surface area contributed by atoms with Crippen molar-refractivity contribution in [2.24, 2.45) is 15.8 Å². The molecule has 0 bridgehead atoms. The number of halogens is 1. The van der Waals surface area contributed by atoms with E-state index >= 15 is 0 Å². The molecule has 2 aromatic heterocycles. The first-order valence-electron chi connectivity index (χ1n) is 16.6. The van der Waals surface area contributed by atoms with Gasteiger partial charge in [0.25, 0.3) is 0 Å². The number of piperidine rings is 1. The molecule has 0 amide bonds. The molecule has 3 aromatic rings. The molecule has 0 radical (unpaired) electrons. The van der Waals surface area contributed by atoms with Gasteiger partial charge in [0.2, 0.25) is 0 Å². The second-order valence-corrected chi connectivity index (χ2v) is 13.5. The number of H-pyrrole nitrogens is 1. The van der Waals surface area contributed by atoms with Crippen LogP contribution in [0.15, 0.2) is 47.5 Å². The van der Waals surface area contributed by atoms with Crippen molar-refractivity contribution in [3.8, 4) is 11.5 Å². The Morgan fingerprint density at radius 2 is 1.91 bits per heavy atom. The molecule has 1 N–H and O–H groups in total. The van der Waals surface area contributed by atoms with E-state index in [1.165, 1.54) is 25.5 Å². The number of aliphatic imine (C=N–C) groups is 1. The Morgan fingerprint density at radius 3 is 2.49 bits per heavy atom. The minimum absolute atomic E-state index is 0.0228. The first kappa shape index (κ1) is 36.5. The van der Waals surface area contributed by atoms with Crippen LogP contribution in [0.25, 0.3) is 10.9 Å². The number of rotatable bonds is 14. The van der Waals surface area contributed by atoms with E-state index in [0.717, 1.165) is 62.7 Å². The Bertz CT molecular complexity index is 1490. The predicted octanol–water partition coefficient (Wildman–Crippen LogP) is 7.87. The Balaban J connectivity index is 0.000000555. The highest BCUT2D eigenvalue weighted by atomic mass is 19.1. The summed E-state index contributed by atoms with van der Waals surface area (Å²) in [5, 5.41) is 0.706. The molecular weight excluding hydrogens is 599 g/mol. The van der Waals surface area contributed by atoms with Crippen molar-refractivity contribution in [3.63, 3.8) is 0 Å². The zero-order chi connectivity index (χ0) is 33.9. The fraction of sp³-hybridized carbons (Fsp3) is 0.568. The van der Waals surface area contributed by atoms with Crippen molar-refractivity contribution < 1.29 is 28.1 Å². The summed E-state index contributed by atoms with van der Waals surface area (Å²) < 4.78 is 41.6. The van der Waals surface area contributed by atoms with Crippen molar-refractivity contribution in [3.05, 3.63) is 59.4 Å². The molecule has 0 saturated carbocycles. The minimum atomic E-state index is -0.0228. The van der Waals surface area contributed by atoms with Gasteiger partial charge >= 0.3 is 0 Å². The summed E-state index contributed by atoms with van der Waals surface area (Å²) in [5.74, 6) is 1.76. The highest BCUT2D eigenvalue weighted by Gasteiger charge is 2.40. The lowest BCUT2D eigenvalue weighted by Crippen LogP contribution is -2.51. The van der Waals surface area contributed by atoms with Gasteiger partial charge in [-0.1, -0.05) is 20.8 Å². The quantitative estimate of drug-likeness (QED) is 0.108. The third-order valence-electron chi connectivity index (χ3n) is 9.13. The van der Waals surface area contributed by atoms with Crippen LogP contribution in [0, 0.1) is 24.7 Å². The molecule has 10 heteroatoms. The van der Waals surface area contributed by atoms with Crippen LogP contribution in [-0.2, 0) is 20.8 Å². The molecule has 9 nitrogen and oxygen atoms in total. The Labute approximate surface area is 279 Å². The number of allylic oxidation sites excluding steroid dienone is 1. The summed E-state index contributed by atoms with van der Waals surface area (Å²) in [4.78, 5) is 14.5. The normalized spacial score (nSPS) is 16.7. The van der Waals surface area contributed by atoms with Gasteiger partial charge in [0.1, 0.15) is 23.6 Å². The molecule has 2 fully saturated rings. The molecule has 2 aliphatic heterocycles. The van der Waals surface area contributed by atoms with E-state index in [9.17, 15) is 4.39 Å². The average Bonchev–Trinajstić information content (AvgIpc) is 3.38. The van der Waals surface area contributed by atoms with Crippen molar-refractivity contribution in [1.29, 1.82) is 0 Å². The van der Waals surface area contributed by atoms with Crippen LogP contribution in [-0.4, -0.2) is 81.4 Å². The van der Waals surface area contributed by atoms with Gasteiger partial charge in [0.15, 0.2) is 5.76 Å². The third kappa shape index (κ3) is 10.3. The number of pyridine rings is 1. The van der Waals surface area contributed by atoms with Gasteiger partial charge in [0, 0.05) is 48.5 Å². The summed E-state index contributed by atoms with van der Waals surface area (Å²) in [6, 6.07) is 7.46. The average molecular weight is 653 g/mol. The maximum Gasteiger partial charge on any atom is 0.173 e. The lowest BCUT2D eigenvalue weighted by molar-refractivity contribution is -0.139. The lowest BCUT2D eigenvalue weighted by atomic mass is 9.77. The first-order chi connectivity index (χ1) is 22.6. The van der Waals surface area contributed by atoms with Crippen LogP contribution >= 0.6 is 0 Å². The number of methoxy groups -OCH3 is 2. The van der Waals surface area contributed by atoms with E-state index in [1.54, 1.807) is 26.5 Å². The van der Waals surface area contributed by atoms with Gasteiger partial charge in [-0.15, -0.1) is 0 Å². The van der Waals surface area contributed by atoms with E-state index < -0.39 is 0 Å². The second kappa shape index (κ2) is 17.2. The first-order valence-corrected chi connectivity index (χ1v) is 16.6. The lowest BCUT2D eigenvalue weighted by Gasteiger charge is -2.47. The van der Waals surface area contributed by atoms with Gasteiger partial charge in [-0.05, 0) is 87.9 Å². The molecule has 2 saturated heterocycles. The molecule has 5 rings (SSSR count). The van der Waals surface area contributed by atoms with Crippen molar-refractivity contribution in [2.45, 2.75) is 66.9 Å². The Kier molecular flexibility index (Phi) is 13.4. The number of nitrogens with one attached hydrogen (secondary N) is 1. The Hall–Kier alpha value is -3.31. The number of hydrogen-bond donors (Lipinski definition) is 1. The number of aromatic amines is 1. The Morgan fingerprint density at radius 1 is 1.15 bits per heavy atom. The maximum absolute atomic E-state index is 13.7. The van der Waals surface area contributed by atoms with Gasteiger partial charge < -0.3 is 33.6 Å². The maximum atomic E-state index is 13.7. The standard InChI is InChI=1S/C30H37FN4O4.C7H16O/c1-21-13-22(2)34-29(21)33-17-24(16-31)39-27-5-8-32-26-14-23(28(36-3)15-25(26)27)18-37-12-4-9-35-10-6-30(7-11-35)19-38-20-30;1-5-7(2,3)6-8-4/h5,8,13-17,34H,4,6-7,9-12,18-20H2,1-3H3;5-6H2,1-4H3/b24-16-,33-17-;. The third-order valence-corrected chi connectivity index (χ3v) is 9.13. The number of hydrogen-bond acceptors (Lipinski definition) is 8. The van der Waals surface area contributed by atoms with E-state index in [-0.39, 0.29) is 5.76 Å². The smallest absolute Gasteiger partial charge is 0.173 e. The van der Waals surface area contributed by atoms with Crippen LogP contribution in [0.1, 0.15) is 63.3 Å². The van der Waals surface area contributed by atoms with Crippen LogP contribution in [0.5, 0.6) is 11.5 Å². The number of ether oxygens (including phenoxy) is 5. The fourth-order valence-electron chi connectivity index (χ4n) is 5.76. The van der Waals surface area contributed by atoms with E-state index in [1.807, 2.05) is 32.0 Å². The number of nitrogens with zero attached hydrogens (tertiary/aromatic N) is 3. The molecule has 0 unspecified atom stereocenters. The number of benzene rings is 1. The molecule has 1 aromatic carbocycles. The largest absolute Gasteiger partial charge is 0.496 e. The highest BCUT2D eigenvalue weighted by molar-refractivity contribution is 5.88. The van der Waals surface area contributed by atoms with E-state index in [2.05, 4.69) is 40.6 Å². The zero-order valence-electron chi connectivity index (χ0n) is 29.3. The highest BCUT2D eigenvalue weighted by Crippen LogP contribution is 2.38. The molecular formula is C37H53FN4O5. The van der Waals surface area contributed by atoms with E-state index in [0.29, 0.717) is 58.6 Å².